The average molecular weight is 329 g/mol. The van der Waals surface area contributed by atoms with E-state index >= 15 is 0 Å². The van der Waals surface area contributed by atoms with Crippen LogP contribution in [0.15, 0.2) is 47.4 Å². The van der Waals surface area contributed by atoms with E-state index in [1.165, 1.54) is 16.7 Å². The molecule has 5 nitrogen and oxygen atoms in total. The molecule has 126 valence electrons. The summed E-state index contributed by atoms with van der Waals surface area (Å²) in [6, 6.07) is 9.84. The maximum atomic E-state index is 13.2. The Morgan fingerprint density at radius 3 is 2.58 bits per heavy atom. The summed E-state index contributed by atoms with van der Waals surface area (Å²) in [5.74, 6) is -0.456. The Morgan fingerprint density at radius 1 is 1.12 bits per heavy atom. The number of nitrogens with zero attached hydrogens (tertiary/aromatic N) is 3. The van der Waals surface area contributed by atoms with Gasteiger partial charge < -0.3 is 9.47 Å². The summed E-state index contributed by atoms with van der Waals surface area (Å²) in [7, 11) is 1.63. The minimum atomic E-state index is -0.273. The van der Waals surface area contributed by atoms with Crippen LogP contribution in [0.25, 0.3) is 0 Å². The number of carbonyl (C=O) groups excluding carboxylic acids is 1. The summed E-state index contributed by atoms with van der Waals surface area (Å²) in [4.78, 5) is 28.5. The first-order valence-corrected chi connectivity index (χ1v) is 7.96. The zero-order chi connectivity index (χ0) is 17.1. The molecule has 0 aliphatic carbocycles. The summed E-state index contributed by atoms with van der Waals surface area (Å²) in [6.45, 7) is 3.19. The van der Waals surface area contributed by atoms with Gasteiger partial charge in [-0.05, 0) is 29.8 Å². The van der Waals surface area contributed by atoms with Gasteiger partial charge in [0.05, 0.1) is 0 Å². The molecule has 0 atom stereocenters. The highest BCUT2D eigenvalue weighted by molar-refractivity contribution is 5.93. The average Bonchev–Trinajstić information content (AvgIpc) is 2.57. The molecule has 1 fully saturated rings. The van der Waals surface area contributed by atoms with Gasteiger partial charge in [0.1, 0.15) is 11.4 Å². The van der Waals surface area contributed by atoms with Crippen LogP contribution in [0.3, 0.4) is 0 Å². The largest absolute Gasteiger partial charge is 0.336 e. The number of aryl methyl sites for hydroxylation is 1. The highest BCUT2D eigenvalue weighted by Gasteiger charge is 2.24. The maximum Gasteiger partial charge on any atom is 0.263 e. The second kappa shape index (κ2) is 6.97. The van der Waals surface area contributed by atoms with Crippen molar-refractivity contribution in [2.24, 2.45) is 7.05 Å². The van der Waals surface area contributed by atoms with E-state index in [9.17, 15) is 14.0 Å². The first-order valence-electron chi connectivity index (χ1n) is 7.96. The van der Waals surface area contributed by atoms with Gasteiger partial charge in [0.25, 0.3) is 11.5 Å². The Hall–Kier alpha value is -2.47. The number of rotatable bonds is 3. The van der Waals surface area contributed by atoms with E-state index in [-0.39, 0.29) is 22.8 Å². The molecule has 3 rings (SSSR count). The molecule has 1 aliphatic rings. The Bertz CT molecular complexity index is 795. The second-order valence-corrected chi connectivity index (χ2v) is 6.04. The van der Waals surface area contributed by atoms with Crippen LogP contribution in [0.5, 0.6) is 0 Å². The Kier molecular flexibility index (Phi) is 4.76. The van der Waals surface area contributed by atoms with Gasteiger partial charge in [-0.1, -0.05) is 12.1 Å². The van der Waals surface area contributed by atoms with Crippen molar-refractivity contribution in [1.29, 1.82) is 0 Å². The molecular formula is C18H20FN3O2. The molecular weight excluding hydrogens is 309 g/mol. The van der Waals surface area contributed by atoms with E-state index in [0.717, 1.165) is 5.56 Å². The van der Waals surface area contributed by atoms with Crippen LogP contribution < -0.4 is 5.56 Å². The summed E-state index contributed by atoms with van der Waals surface area (Å²) in [5.41, 5.74) is 0.856. The third-order valence-electron chi connectivity index (χ3n) is 4.31. The van der Waals surface area contributed by atoms with E-state index in [2.05, 4.69) is 4.90 Å². The van der Waals surface area contributed by atoms with Gasteiger partial charge in [-0.25, -0.2) is 4.39 Å². The molecule has 1 aromatic carbocycles. The molecule has 2 aromatic rings. The molecule has 6 heteroatoms. The van der Waals surface area contributed by atoms with Gasteiger partial charge in [0, 0.05) is 46.0 Å². The van der Waals surface area contributed by atoms with Gasteiger partial charge in [0.2, 0.25) is 0 Å². The van der Waals surface area contributed by atoms with Crippen molar-refractivity contribution >= 4 is 5.91 Å². The van der Waals surface area contributed by atoms with E-state index < -0.39 is 0 Å². The molecule has 0 bridgehead atoms. The lowest BCUT2D eigenvalue weighted by molar-refractivity contribution is 0.0626. The van der Waals surface area contributed by atoms with Crippen molar-refractivity contribution in [3.05, 3.63) is 69.9 Å². The zero-order valence-corrected chi connectivity index (χ0v) is 13.6. The molecule has 0 radical (unpaired) electrons. The number of aromatic nitrogens is 1. The van der Waals surface area contributed by atoms with E-state index in [1.807, 2.05) is 6.07 Å². The van der Waals surface area contributed by atoms with Gasteiger partial charge in [0.15, 0.2) is 0 Å². The predicted octanol–water partition coefficient (Wildman–Crippen LogP) is 1.48. The van der Waals surface area contributed by atoms with Crippen LogP contribution in [0.4, 0.5) is 4.39 Å². The van der Waals surface area contributed by atoms with Crippen molar-refractivity contribution in [2.75, 3.05) is 26.2 Å². The van der Waals surface area contributed by atoms with E-state index in [0.29, 0.717) is 32.7 Å². The Labute approximate surface area is 139 Å². The number of pyridine rings is 1. The zero-order valence-electron chi connectivity index (χ0n) is 13.6. The van der Waals surface area contributed by atoms with Crippen molar-refractivity contribution in [1.82, 2.24) is 14.4 Å². The normalized spacial score (nSPS) is 15.5. The summed E-state index contributed by atoms with van der Waals surface area (Å²) < 4.78 is 14.7. The fourth-order valence-electron chi connectivity index (χ4n) is 2.93. The third-order valence-corrected chi connectivity index (χ3v) is 4.31. The fourth-order valence-corrected chi connectivity index (χ4v) is 2.93. The number of piperazine rings is 1. The maximum absolute atomic E-state index is 13.2. The quantitative estimate of drug-likeness (QED) is 0.857. The van der Waals surface area contributed by atoms with E-state index in [4.69, 9.17) is 0 Å². The second-order valence-electron chi connectivity index (χ2n) is 6.04. The molecule has 0 spiro atoms. The number of hydrogen-bond acceptors (Lipinski definition) is 3. The Morgan fingerprint density at radius 2 is 1.88 bits per heavy atom. The monoisotopic (exact) mass is 329 g/mol. The van der Waals surface area contributed by atoms with Gasteiger partial charge in [-0.2, -0.15) is 0 Å². The van der Waals surface area contributed by atoms with Crippen LogP contribution in [-0.4, -0.2) is 46.5 Å². The molecule has 24 heavy (non-hydrogen) atoms. The topological polar surface area (TPSA) is 45.6 Å². The third kappa shape index (κ3) is 3.54. The van der Waals surface area contributed by atoms with E-state index in [1.54, 1.807) is 36.3 Å². The highest BCUT2D eigenvalue weighted by atomic mass is 19.1. The van der Waals surface area contributed by atoms with Crippen molar-refractivity contribution in [2.45, 2.75) is 6.54 Å². The predicted molar refractivity (Wildman–Crippen MR) is 89.3 cm³/mol. The molecule has 0 unspecified atom stereocenters. The molecule has 1 saturated heterocycles. The smallest absolute Gasteiger partial charge is 0.263 e. The number of amides is 1. The fraction of sp³-hybridized carbons (Fsp3) is 0.333. The SMILES string of the molecule is Cn1cccc(C(=O)N2CCN(Cc3cccc(F)c3)CC2)c1=O. The van der Waals surface area contributed by atoms with Crippen molar-refractivity contribution < 1.29 is 9.18 Å². The lowest BCUT2D eigenvalue weighted by atomic mass is 10.1. The highest BCUT2D eigenvalue weighted by Crippen LogP contribution is 2.11. The molecule has 1 aliphatic heterocycles. The summed E-state index contributed by atoms with van der Waals surface area (Å²) in [5, 5.41) is 0. The van der Waals surface area contributed by atoms with Crippen LogP contribution >= 0.6 is 0 Å². The first-order chi connectivity index (χ1) is 11.5. The minimum absolute atomic E-state index is 0.207. The standard InChI is InChI=1S/C18H20FN3O2/c1-20-7-3-6-16(17(20)23)18(24)22-10-8-21(9-11-22)13-14-4-2-5-15(19)12-14/h2-7,12H,8-11,13H2,1H3. The van der Waals surface area contributed by atoms with Crippen molar-refractivity contribution in [3.8, 4) is 0 Å². The van der Waals surface area contributed by atoms with Crippen molar-refractivity contribution in [3.63, 3.8) is 0 Å². The lowest BCUT2D eigenvalue weighted by Crippen LogP contribution is -2.49. The van der Waals surface area contributed by atoms with Crippen LogP contribution in [-0.2, 0) is 13.6 Å². The van der Waals surface area contributed by atoms with Crippen LogP contribution in [0.2, 0.25) is 0 Å². The molecule has 1 aromatic heterocycles. The van der Waals surface area contributed by atoms with Crippen LogP contribution in [0.1, 0.15) is 15.9 Å². The summed E-state index contributed by atoms with van der Waals surface area (Å²) in [6.07, 6.45) is 1.63. The Balaban J connectivity index is 1.61. The van der Waals surface area contributed by atoms with Gasteiger partial charge >= 0.3 is 0 Å². The number of benzene rings is 1. The molecule has 2 heterocycles. The number of halogens is 1. The molecule has 0 N–H and O–H groups in total. The van der Waals surface area contributed by atoms with Crippen LogP contribution in [0, 0.1) is 5.82 Å². The molecule has 0 saturated carbocycles. The first kappa shape index (κ1) is 16.4. The summed E-state index contributed by atoms with van der Waals surface area (Å²) >= 11 is 0. The molecule has 1 amide bonds. The van der Waals surface area contributed by atoms with Gasteiger partial charge in [-0.15, -0.1) is 0 Å². The van der Waals surface area contributed by atoms with Gasteiger partial charge in [-0.3, -0.25) is 14.5 Å². The number of hydrogen-bond donors (Lipinski definition) is 0. The lowest BCUT2D eigenvalue weighted by Gasteiger charge is -2.34. The minimum Gasteiger partial charge on any atom is -0.336 e. The number of carbonyl (C=O) groups is 1.